The first-order chi connectivity index (χ1) is 12.7. The van der Waals surface area contributed by atoms with Gasteiger partial charge in [-0.2, -0.15) is 0 Å². The number of carbonyl (C=O) groups is 2. The summed E-state index contributed by atoms with van der Waals surface area (Å²) in [6.45, 7) is 0.265. The summed E-state index contributed by atoms with van der Waals surface area (Å²) in [5.41, 5.74) is 1.49. The van der Waals surface area contributed by atoms with Gasteiger partial charge in [-0.05, 0) is 30.7 Å². The molecular weight excluding hydrogens is 334 g/mol. The van der Waals surface area contributed by atoms with E-state index in [9.17, 15) is 9.59 Å². The van der Waals surface area contributed by atoms with E-state index in [0.717, 1.165) is 0 Å². The first-order valence-electron chi connectivity index (χ1n) is 8.34. The van der Waals surface area contributed by atoms with E-state index in [1.54, 1.807) is 48.5 Å². The maximum atomic E-state index is 12.0. The third kappa shape index (κ3) is 4.08. The molecule has 1 fully saturated rings. The molecule has 3 rings (SSSR count). The lowest BCUT2D eigenvalue weighted by Crippen LogP contribution is -2.43. The first kappa shape index (κ1) is 17.7. The fourth-order valence-corrected chi connectivity index (χ4v) is 2.86. The third-order valence-corrected chi connectivity index (χ3v) is 4.44. The molecule has 134 valence electrons. The van der Waals surface area contributed by atoms with E-state index in [4.69, 9.17) is 14.7 Å². The molecule has 1 saturated carbocycles. The third-order valence-electron chi connectivity index (χ3n) is 4.44. The topological polar surface area (TPSA) is 85.2 Å². The average molecular weight is 353 g/mol. The zero-order valence-electron chi connectivity index (χ0n) is 14.1. The minimum Gasteiger partial charge on any atom is -0.462 e. The molecule has 2 atom stereocenters. The molecule has 1 aliphatic carbocycles. The smallest absolute Gasteiger partial charge is 0.338 e. The number of hydrogen-bond acceptors (Lipinski definition) is 6. The second-order valence-electron chi connectivity index (χ2n) is 6.09. The van der Waals surface area contributed by atoms with Gasteiger partial charge in [-0.1, -0.05) is 41.6 Å². The molecule has 26 heavy (non-hydrogen) atoms. The van der Waals surface area contributed by atoms with Crippen LogP contribution < -0.4 is 0 Å². The highest BCUT2D eigenvalue weighted by Crippen LogP contribution is 2.32. The predicted molar refractivity (Wildman–Crippen MR) is 94.3 cm³/mol. The lowest BCUT2D eigenvalue weighted by atomic mass is 9.72. The van der Waals surface area contributed by atoms with Crippen LogP contribution in [0.2, 0.25) is 0 Å². The molecule has 0 unspecified atom stereocenters. The fourth-order valence-electron chi connectivity index (χ4n) is 2.86. The molecule has 0 radical (unpaired) electrons. The van der Waals surface area contributed by atoms with Gasteiger partial charge in [-0.15, -0.1) is 0 Å². The van der Waals surface area contributed by atoms with E-state index >= 15 is 0 Å². The van der Waals surface area contributed by atoms with E-state index in [2.05, 4.69) is 5.16 Å². The summed E-state index contributed by atoms with van der Waals surface area (Å²) in [5, 5.41) is 12.3. The monoisotopic (exact) mass is 353 g/mol. The molecule has 0 heterocycles. The Kier molecular flexibility index (Phi) is 5.63. The molecule has 0 aromatic heterocycles. The van der Waals surface area contributed by atoms with Crippen molar-refractivity contribution in [2.24, 2.45) is 17.0 Å². The van der Waals surface area contributed by atoms with Gasteiger partial charge in [0.25, 0.3) is 0 Å². The van der Waals surface area contributed by atoms with Crippen molar-refractivity contribution >= 4 is 17.7 Å². The Labute approximate surface area is 151 Å². The molecule has 6 heteroatoms. The summed E-state index contributed by atoms with van der Waals surface area (Å²) in [4.78, 5) is 24.0. The van der Waals surface area contributed by atoms with Gasteiger partial charge in [0, 0.05) is 11.8 Å². The van der Waals surface area contributed by atoms with Gasteiger partial charge < -0.3 is 14.7 Å². The van der Waals surface area contributed by atoms with E-state index in [0.29, 0.717) is 23.3 Å². The Balaban J connectivity index is 1.52. The molecular formula is C20H19NO5. The maximum absolute atomic E-state index is 12.0. The summed E-state index contributed by atoms with van der Waals surface area (Å²) in [7, 11) is 0. The largest absolute Gasteiger partial charge is 0.462 e. The maximum Gasteiger partial charge on any atom is 0.338 e. The van der Waals surface area contributed by atoms with Crippen LogP contribution in [0.1, 0.15) is 27.1 Å². The Bertz CT molecular complexity index is 788. The summed E-state index contributed by atoms with van der Waals surface area (Å²) in [6, 6.07) is 17.4. The van der Waals surface area contributed by atoms with E-state index in [1.807, 2.05) is 12.1 Å². The summed E-state index contributed by atoms with van der Waals surface area (Å²) in [5.74, 6) is -1.14. The number of carbonyl (C=O) groups excluding carboxylic acids is 2. The average Bonchev–Trinajstić information content (AvgIpc) is 2.68. The highest BCUT2D eigenvalue weighted by molar-refractivity contribution is 5.94. The standard InChI is InChI=1S/C20H19NO5/c22-19(14-7-3-1-4-8-14)25-12-16-11-18(21-24)17(16)13-26-20(23)15-9-5-2-6-10-15/h1-10,16-17,24H,11-13H2/b21-18-/t16-,17-/m1/s1. The highest BCUT2D eigenvalue weighted by Gasteiger charge is 2.40. The van der Waals surface area contributed by atoms with E-state index < -0.39 is 11.9 Å². The van der Waals surface area contributed by atoms with Crippen molar-refractivity contribution in [1.82, 2.24) is 0 Å². The van der Waals surface area contributed by atoms with Crippen molar-refractivity contribution in [2.75, 3.05) is 13.2 Å². The van der Waals surface area contributed by atoms with Crippen LogP contribution in [0.5, 0.6) is 0 Å². The van der Waals surface area contributed by atoms with Gasteiger partial charge in [0.1, 0.15) is 6.61 Å². The quantitative estimate of drug-likeness (QED) is 0.490. The number of hydrogen-bond donors (Lipinski definition) is 1. The van der Waals surface area contributed by atoms with Crippen molar-refractivity contribution in [3.63, 3.8) is 0 Å². The van der Waals surface area contributed by atoms with E-state index in [-0.39, 0.29) is 25.0 Å². The number of benzene rings is 2. The van der Waals surface area contributed by atoms with Crippen molar-refractivity contribution < 1.29 is 24.3 Å². The Morgan fingerprint density at radius 1 is 0.885 bits per heavy atom. The van der Waals surface area contributed by atoms with Gasteiger partial charge in [-0.3, -0.25) is 0 Å². The highest BCUT2D eigenvalue weighted by atomic mass is 16.5. The van der Waals surface area contributed by atoms with E-state index in [1.165, 1.54) is 0 Å². The molecule has 0 amide bonds. The Morgan fingerprint density at radius 2 is 1.38 bits per heavy atom. The van der Waals surface area contributed by atoms with Crippen molar-refractivity contribution in [3.8, 4) is 0 Å². The van der Waals surface area contributed by atoms with Gasteiger partial charge in [-0.25, -0.2) is 9.59 Å². The normalized spacial score (nSPS) is 20.2. The Hall–Kier alpha value is -3.15. The van der Waals surface area contributed by atoms with Crippen molar-refractivity contribution in [1.29, 1.82) is 0 Å². The molecule has 2 aromatic rings. The SMILES string of the molecule is O=C(OC[C@H]1C/C(=N/O)[C@@H]1COC(=O)c1ccccc1)c1ccccc1. The summed E-state index contributed by atoms with van der Waals surface area (Å²) < 4.78 is 10.6. The minimum atomic E-state index is -0.435. The second kappa shape index (κ2) is 8.29. The van der Waals surface area contributed by atoms with Crippen LogP contribution in [0.25, 0.3) is 0 Å². The first-order valence-corrected chi connectivity index (χ1v) is 8.34. The van der Waals surface area contributed by atoms with Crippen LogP contribution in [0.4, 0.5) is 0 Å². The zero-order chi connectivity index (χ0) is 18.4. The fraction of sp³-hybridized carbons (Fsp3) is 0.250. The van der Waals surface area contributed by atoms with Crippen LogP contribution in [0, 0.1) is 11.8 Å². The number of nitrogens with zero attached hydrogens (tertiary/aromatic N) is 1. The molecule has 6 nitrogen and oxygen atoms in total. The molecule has 0 spiro atoms. The number of rotatable bonds is 6. The van der Waals surface area contributed by atoms with Crippen molar-refractivity contribution in [2.45, 2.75) is 6.42 Å². The molecule has 1 N–H and O–H groups in total. The Morgan fingerprint density at radius 3 is 1.88 bits per heavy atom. The molecule has 1 aliphatic rings. The zero-order valence-corrected chi connectivity index (χ0v) is 14.1. The number of ether oxygens (including phenoxy) is 2. The number of esters is 2. The lowest BCUT2D eigenvalue weighted by molar-refractivity contribution is 0.0240. The van der Waals surface area contributed by atoms with Crippen LogP contribution in [0.3, 0.4) is 0 Å². The number of oxime groups is 1. The second-order valence-corrected chi connectivity index (χ2v) is 6.09. The molecule has 2 aromatic carbocycles. The van der Waals surface area contributed by atoms with Crippen LogP contribution in [-0.2, 0) is 9.47 Å². The van der Waals surface area contributed by atoms with Crippen LogP contribution >= 0.6 is 0 Å². The summed E-state index contributed by atoms with van der Waals surface area (Å²) in [6.07, 6.45) is 0.506. The summed E-state index contributed by atoms with van der Waals surface area (Å²) >= 11 is 0. The van der Waals surface area contributed by atoms with Crippen LogP contribution in [0.15, 0.2) is 65.8 Å². The molecule has 0 aliphatic heterocycles. The lowest BCUT2D eigenvalue weighted by Gasteiger charge is -2.36. The van der Waals surface area contributed by atoms with Gasteiger partial charge in [0.15, 0.2) is 0 Å². The van der Waals surface area contributed by atoms with Crippen LogP contribution in [-0.4, -0.2) is 36.1 Å². The minimum absolute atomic E-state index is 0.0443. The van der Waals surface area contributed by atoms with Gasteiger partial charge >= 0.3 is 11.9 Å². The molecule has 0 saturated heterocycles. The van der Waals surface area contributed by atoms with Gasteiger partial charge in [0.2, 0.25) is 0 Å². The van der Waals surface area contributed by atoms with Gasteiger partial charge in [0.05, 0.1) is 23.4 Å². The predicted octanol–water partition coefficient (Wildman–Crippen LogP) is 3.17. The molecule has 0 bridgehead atoms. The van der Waals surface area contributed by atoms with Crippen molar-refractivity contribution in [3.05, 3.63) is 71.8 Å².